The molecule has 10 nitrogen and oxygen atoms in total. The standard InChI is InChI=1S/C22H28F3N7O3S/c1-21(9-10-36-20-28-29-30-31(20)2)8-7-15(18(19(21)33)11-32-14-26-13-27-32)12-34-16-3-5-17(6-4-16)35-22(23,24)25/h3-6,13-15,18-19,33H,7-12H2,1-2H3/t15-,18-,19+,21-/m0/s1. The van der Waals surface area contributed by atoms with Gasteiger partial charge < -0.3 is 14.6 Å². The van der Waals surface area contributed by atoms with Gasteiger partial charge in [-0.2, -0.15) is 5.10 Å². The topological polar surface area (TPSA) is 113 Å². The minimum atomic E-state index is -4.74. The summed E-state index contributed by atoms with van der Waals surface area (Å²) in [5.41, 5.74) is -0.322. The van der Waals surface area contributed by atoms with Crippen molar-refractivity contribution >= 4 is 11.8 Å². The number of halogens is 3. The highest BCUT2D eigenvalue weighted by Crippen LogP contribution is 2.46. The van der Waals surface area contributed by atoms with Gasteiger partial charge in [0, 0.05) is 31.2 Å². The third-order valence-electron chi connectivity index (χ3n) is 6.68. The number of hydrogen-bond acceptors (Lipinski definition) is 9. The molecule has 0 spiro atoms. The number of alkyl halides is 3. The van der Waals surface area contributed by atoms with Crippen LogP contribution in [0.15, 0.2) is 42.1 Å². The van der Waals surface area contributed by atoms with Crippen molar-refractivity contribution in [2.45, 2.75) is 50.4 Å². The lowest BCUT2D eigenvalue weighted by molar-refractivity contribution is -0.274. The van der Waals surface area contributed by atoms with Crippen molar-refractivity contribution in [1.82, 2.24) is 35.0 Å². The van der Waals surface area contributed by atoms with Gasteiger partial charge in [-0.05, 0) is 59.4 Å². The summed E-state index contributed by atoms with van der Waals surface area (Å²) >= 11 is 1.55. The first-order chi connectivity index (χ1) is 17.1. The van der Waals surface area contributed by atoms with Gasteiger partial charge in [0.1, 0.15) is 24.2 Å². The Morgan fingerprint density at radius 2 is 1.97 bits per heavy atom. The third-order valence-corrected chi connectivity index (χ3v) is 7.70. The number of aliphatic hydroxyl groups excluding tert-OH is 1. The van der Waals surface area contributed by atoms with Gasteiger partial charge in [-0.15, -0.1) is 18.3 Å². The molecule has 1 aliphatic carbocycles. The first-order valence-electron chi connectivity index (χ1n) is 11.5. The number of nitrogens with zero attached hydrogens (tertiary/aromatic N) is 7. The number of rotatable bonds is 10. The zero-order chi connectivity index (χ0) is 25.8. The number of aromatic nitrogens is 7. The normalized spacial score (nSPS) is 24.6. The fourth-order valence-corrected chi connectivity index (χ4v) is 5.65. The van der Waals surface area contributed by atoms with E-state index in [-0.39, 0.29) is 23.0 Å². The van der Waals surface area contributed by atoms with Crippen molar-refractivity contribution in [3.05, 3.63) is 36.9 Å². The van der Waals surface area contributed by atoms with Crippen molar-refractivity contribution in [1.29, 1.82) is 0 Å². The lowest BCUT2D eigenvalue weighted by Gasteiger charge is -2.47. The van der Waals surface area contributed by atoms with E-state index in [4.69, 9.17) is 4.74 Å². The maximum atomic E-state index is 12.4. The minimum absolute atomic E-state index is 0.0129. The van der Waals surface area contributed by atoms with E-state index >= 15 is 0 Å². The monoisotopic (exact) mass is 527 g/mol. The molecule has 4 rings (SSSR count). The van der Waals surface area contributed by atoms with Crippen LogP contribution in [0.1, 0.15) is 26.2 Å². The van der Waals surface area contributed by atoms with Gasteiger partial charge >= 0.3 is 6.36 Å². The van der Waals surface area contributed by atoms with Crippen molar-refractivity contribution in [3.63, 3.8) is 0 Å². The molecule has 0 amide bonds. The second kappa shape index (κ2) is 11.0. The Morgan fingerprint density at radius 1 is 1.22 bits per heavy atom. The molecule has 2 aromatic heterocycles. The van der Waals surface area contributed by atoms with Crippen molar-refractivity contribution < 1.29 is 27.8 Å². The lowest BCUT2D eigenvalue weighted by Crippen LogP contribution is -2.49. The summed E-state index contributed by atoms with van der Waals surface area (Å²) in [6.45, 7) is 2.88. The third kappa shape index (κ3) is 6.66. The largest absolute Gasteiger partial charge is 0.573 e. The van der Waals surface area contributed by atoms with Crippen LogP contribution in [0.2, 0.25) is 0 Å². The van der Waals surface area contributed by atoms with Crippen LogP contribution in [0.4, 0.5) is 13.2 Å². The number of aliphatic hydroxyl groups is 1. The van der Waals surface area contributed by atoms with Gasteiger partial charge in [0.15, 0.2) is 0 Å². The van der Waals surface area contributed by atoms with Crippen LogP contribution >= 0.6 is 11.8 Å². The van der Waals surface area contributed by atoms with Crippen LogP contribution in [0, 0.1) is 17.3 Å². The molecule has 196 valence electrons. The van der Waals surface area contributed by atoms with Crippen molar-refractivity contribution in [2.24, 2.45) is 24.3 Å². The van der Waals surface area contributed by atoms with Gasteiger partial charge in [0.05, 0.1) is 12.7 Å². The van der Waals surface area contributed by atoms with Gasteiger partial charge in [-0.1, -0.05) is 18.7 Å². The van der Waals surface area contributed by atoms with E-state index in [0.717, 1.165) is 30.2 Å². The molecule has 0 unspecified atom stereocenters. The highest BCUT2D eigenvalue weighted by Gasteiger charge is 2.46. The predicted octanol–water partition coefficient (Wildman–Crippen LogP) is 3.36. The average Bonchev–Trinajstić information content (AvgIpc) is 3.48. The minimum Gasteiger partial charge on any atom is -0.493 e. The van der Waals surface area contributed by atoms with Crippen molar-refractivity contribution in [2.75, 3.05) is 12.4 Å². The van der Waals surface area contributed by atoms with Crippen LogP contribution in [0.3, 0.4) is 0 Å². The molecule has 2 heterocycles. The summed E-state index contributed by atoms with van der Waals surface area (Å²) in [6, 6.07) is 5.31. The van der Waals surface area contributed by atoms with E-state index in [1.54, 1.807) is 34.5 Å². The summed E-state index contributed by atoms with van der Waals surface area (Å²) in [5.74, 6) is 0.739. The van der Waals surface area contributed by atoms with E-state index in [1.807, 2.05) is 0 Å². The van der Waals surface area contributed by atoms with E-state index in [0.29, 0.717) is 18.9 Å². The zero-order valence-corrected chi connectivity index (χ0v) is 20.7. The summed E-state index contributed by atoms with van der Waals surface area (Å²) in [4.78, 5) is 4.01. The highest BCUT2D eigenvalue weighted by atomic mass is 32.2. The summed E-state index contributed by atoms with van der Waals surface area (Å²) in [5, 5.41) is 27.9. The van der Waals surface area contributed by atoms with Crippen LogP contribution in [0.5, 0.6) is 11.5 Å². The predicted molar refractivity (Wildman–Crippen MR) is 123 cm³/mol. The molecular weight excluding hydrogens is 499 g/mol. The molecular formula is C22H28F3N7O3S. The molecule has 1 aromatic carbocycles. The number of thioether (sulfide) groups is 1. The first kappa shape index (κ1) is 26.2. The molecule has 0 aliphatic heterocycles. The SMILES string of the molecule is Cn1nnnc1SCC[C@]1(C)CC[C@@H](COc2ccc(OC(F)(F)F)cc2)[C@H](Cn2cncn2)[C@H]1O. The zero-order valence-electron chi connectivity index (χ0n) is 19.9. The average molecular weight is 528 g/mol. The van der Waals surface area contributed by atoms with Gasteiger partial charge in [0.2, 0.25) is 5.16 Å². The Kier molecular flexibility index (Phi) is 8.03. The molecule has 0 radical (unpaired) electrons. The number of hydrogen-bond donors (Lipinski definition) is 1. The maximum absolute atomic E-state index is 12.4. The molecule has 1 N–H and O–H groups in total. The molecule has 1 aliphatic rings. The number of ether oxygens (including phenoxy) is 2. The van der Waals surface area contributed by atoms with Crippen molar-refractivity contribution in [3.8, 4) is 11.5 Å². The van der Waals surface area contributed by atoms with Gasteiger partial charge in [-0.3, -0.25) is 4.68 Å². The highest BCUT2D eigenvalue weighted by molar-refractivity contribution is 7.99. The fraction of sp³-hybridized carbons (Fsp3) is 0.591. The van der Waals surface area contributed by atoms with E-state index in [9.17, 15) is 18.3 Å². The van der Waals surface area contributed by atoms with Gasteiger partial charge in [0.25, 0.3) is 0 Å². The second-order valence-electron chi connectivity index (χ2n) is 9.19. The van der Waals surface area contributed by atoms with Crippen LogP contribution in [-0.4, -0.2) is 64.9 Å². The summed E-state index contributed by atoms with van der Waals surface area (Å²) in [6.07, 6.45) is 0.0944. The molecule has 36 heavy (non-hydrogen) atoms. The Labute approximate surface area is 210 Å². The summed E-state index contributed by atoms with van der Waals surface area (Å²) < 4.78 is 50.3. The maximum Gasteiger partial charge on any atom is 0.573 e. The van der Waals surface area contributed by atoms with Crippen LogP contribution < -0.4 is 9.47 Å². The molecule has 1 saturated carbocycles. The van der Waals surface area contributed by atoms with E-state index in [2.05, 4.69) is 37.3 Å². The van der Waals surface area contributed by atoms with E-state index in [1.165, 1.54) is 30.6 Å². The number of benzene rings is 1. The molecule has 1 fully saturated rings. The molecule has 0 saturated heterocycles. The Balaban J connectivity index is 1.40. The molecule has 4 atom stereocenters. The first-order valence-corrected chi connectivity index (χ1v) is 12.5. The Bertz CT molecular complexity index is 1100. The molecule has 0 bridgehead atoms. The molecule has 3 aromatic rings. The number of aryl methyl sites for hydroxylation is 1. The van der Waals surface area contributed by atoms with E-state index < -0.39 is 12.5 Å². The summed E-state index contributed by atoms with van der Waals surface area (Å²) in [7, 11) is 1.79. The fourth-order valence-electron chi connectivity index (χ4n) is 4.58. The quantitative estimate of drug-likeness (QED) is 0.397. The lowest BCUT2D eigenvalue weighted by atomic mass is 9.63. The van der Waals surface area contributed by atoms with Crippen LogP contribution in [0.25, 0.3) is 0 Å². The van der Waals surface area contributed by atoms with Crippen LogP contribution in [-0.2, 0) is 13.6 Å². The molecule has 14 heteroatoms. The Morgan fingerprint density at radius 3 is 2.61 bits per heavy atom. The number of tetrazole rings is 1. The Hall–Kier alpha value is -2.87. The smallest absolute Gasteiger partial charge is 0.493 e. The van der Waals surface area contributed by atoms with Gasteiger partial charge in [-0.25, -0.2) is 9.67 Å². The second-order valence-corrected chi connectivity index (χ2v) is 10.3.